The van der Waals surface area contributed by atoms with Crippen molar-refractivity contribution in [1.29, 1.82) is 0 Å². The van der Waals surface area contributed by atoms with Crippen molar-refractivity contribution in [2.45, 2.75) is 74.1 Å². The first kappa shape index (κ1) is 36.7. The molecule has 214 valence electrons. The molecule has 0 saturated heterocycles. The maximum atomic E-state index is 13.0. The van der Waals surface area contributed by atoms with Crippen molar-refractivity contribution in [3.05, 3.63) is 47.8 Å². The minimum absolute atomic E-state index is 0. The van der Waals surface area contributed by atoms with Gasteiger partial charge in [-0.15, -0.1) is 0 Å². The highest BCUT2D eigenvalue weighted by atomic mass is 16.5. The molecule has 1 fully saturated rings. The van der Waals surface area contributed by atoms with Gasteiger partial charge < -0.3 is 24.7 Å². The predicted octanol–water partition coefficient (Wildman–Crippen LogP) is 5.93. The molecule has 3 rings (SSSR count). The number of allylic oxidation sites excluding steroid dienone is 1. The highest BCUT2D eigenvalue weighted by Gasteiger charge is 2.29. The summed E-state index contributed by atoms with van der Waals surface area (Å²) in [7, 11) is 1.90. The second-order valence-electron chi connectivity index (χ2n) is 8.58. The van der Waals surface area contributed by atoms with Crippen LogP contribution in [0.4, 0.5) is 0 Å². The van der Waals surface area contributed by atoms with E-state index in [9.17, 15) is 14.4 Å². The van der Waals surface area contributed by atoms with Crippen LogP contribution in [0.2, 0.25) is 0 Å². The average molecular weight is 532 g/mol. The lowest BCUT2D eigenvalue weighted by molar-refractivity contribution is -0.148. The maximum Gasteiger partial charge on any atom is 0.325 e. The van der Waals surface area contributed by atoms with Gasteiger partial charge in [0.1, 0.15) is 13.3 Å². The molecular formula is C30H49N3O5. The topological polar surface area (TPSA) is 109 Å². The molecule has 8 heteroatoms. The smallest absolute Gasteiger partial charge is 0.325 e. The zero-order valence-electron chi connectivity index (χ0n) is 23.4. The van der Waals surface area contributed by atoms with Gasteiger partial charge in [0, 0.05) is 30.7 Å². The van der Waals surface area contributed by atoms with Crippen LogP contribution in [0.3, 0.4) is 0 Å². The van der Waals surface area contributed by atoms with Crippen molar-refractivity contribution in [3.63, 3.8) is 0 Å². The largest absolute Gasteiger partial charge is 0.465 e. The zero-order chi connectivity index (χ0) is 28.2. The number of rotatable bonds is 8. The van der Waals surface area contributed by atoms with E-state index < -0.39 is 17.7 Å². The van der Waals surface area contributed by atoms with Crippen LogP contribution in [-0.4, -0.2) is 61.1 Å². The molecule has 2 aromatic rings. The van der Waals surface area contributed by atoms with E-state index in [1.54, 1.807) is 13.1 Å². The summed E-state index contributed by atoms with van der Waals surface area (Å²) in [5.41, 5.74) is 2.45. The number of esters is 1. The third-order valence-electron chi connectivity index (χ3n) is 5.58. The van der Waals surface area contributed by atoms with Crippen LogP contribution >= 0.6 is 0 Å². The van der Waals surface area contributed by atoms with Crippen molar-refractivity contribution in [3.8, 4) is 0 Å². The van der Waals surface area contributed by atoms with Gasteiger partial charge in [0.05, 0.1) is 12.2 Å². The zero-order valence-corrected chi connectivity index (χ0v) is 23.4. The fourth-order valence-corrected chi connectivity index (χ4v) is 4.07. The van der Waals surface area contributed by atoms with Crippen LogP contribution in [-0.2, 0) is 19.1 Å². The number of nitrogens with zero attached hydrogens (tertiary/aromatic N) is 1. The average Bonchev–Trinajstić information content (AvgIpc) is 3.35. The lowest BCUT2D eigenvalue weighted by Crippen LogP contribution is -2.43. The number of H-pyrrole nitrogens is 1. The van der Waals surface area contributed by atoms with Gasteiger partial charge in [0.15, 0.2) is 0 Å². The monoisotopic (exact) mass is 531 g/mol. The van der Waals surface area contributed by atoms with Crippen molar-refractivity contribution in [2.75, 3.05) is 26.7 Å². The highest BCUT2D eigenvalue weighted by molar-refractivity contribution is 6.45. The Morgan fingerprint density at radius 3 is 2.24 bits per heavy atom. The minimum Gasteiger partial charge on any atom is -0.465 e. The number of nitrogens with one attached hydrogen (secondary N) is 2. The van der Waals surface area contributed by atoms with Crippen LogP contribution < -0.4 is 5.32 Å². The Bertz CT molecular complexity index is 973. The Labute approximate surface area is 229 Å². The van der Waals surface area contributed by atoms with Gasteiger partial charge in [-0.25, -0.2) is 0 Å². The van der Waals surface area contributed by atoms with Crippen LogP contribution in [0, 0.1) is 5.92 Å². The van der Waals surface area contributed by atoms with E-state index in [4.69, 9.17) is 9.53 Å². The van der Waals surface area contributed by atoms with E-state index in [0.717, 1.165) is 31.2 Å². The first-order valence-electron chi connectivity index (χ1n) is 13.0. The summed E-state index contributed by atoms with van der Waals surface area (Å²) in [5, 5.41) is 3.62. The number of aromatic nitrogens is 1. The molecule has 8 nitrogen and oxygen atoms in total. The molecule has 0 spiro atoms. The number of carbonyl (C=O) groups is 4. The van der Waals surface area contributed by atoms with Gasteiger partial charge in [-0.2, -0.15) is 0 Å². The molecule has 1 aromatic heterocycles. The van der Waals surface area contributed by atoms with Crippen LogP contribution in [0.5, 0.6) is 0 Å². The molecule has 0 bridgehead atoms. The molecule has 1 amide bonds. The Kier molecular flexibility index (Phi) is 20.9. The van der Waals surface area contributed by atoms with E-state index in [0.29, 0.717) is 23.4 Å². The fourth-order valence-electron chi connectivity index (χ4n) is 4.07. The Morgan fingerprint density at radius 2 is 1.71 bits per heavy atom. The first-order valence-corrected chi connectivity index (χ1v) is 13.0. The van der Waals surface area contributed by atoms with Crippen molar-refractivity contribution in [2.24, 2.45) is 5.92 Å². The molecule has 1 aliphatic rings. The normalized spacial score (nSPS) is 11.9. The number of para-hydroxylation sites is 1. The summed E-state index contributed by atoms with van der Waals surface area (Å²) in [6.45, 7) is 12.3. The number of benzene rings is 1. The van der Waals surface area contributed by atoms with E-state index in [1.165, 1.54) is 16.9 Å². The number of hydrogen-bond acceptors (Lipinski definition) is 6. The summed E-state index contributed by atoms with van der Waals surface area (Å²) >= 11 is 0. The molecular weight excluding hydrogens is 482 g/mol. The van der Waals surface area contributed by atoms with E-state index in [-0.39, 0.29) is 20.6 Å². The van der Waals surface area contributed by atoms with Crippen molar-refractivity contribution < 1.29 is 23.9 Å². The van der Waals surface area contributed by atoms with Crippen molar-refractivity contribution >= 4 is 35.4 Å². The standard InChI is InChI=1S/C21H26N2O4.C5H11N.C2H6.CH2O.CH4/c1-2-27-19(24)14-23(13-15-8-4-3-5-9-15)21(26)20(25)17-12-22-18-11-7-6-10-16(17)18;1-5(2)4-6-3;2*1-2;/h6-7,10-12,15,22H,2-5,8-9,13-14H2,1H3;4,6H,1-3H3;1-2H3;1H2;1H4. The summed E-state index contributed by atoms with van der Waals surface area (Å²) in [5.74, 6) is -1.38. The number of ether oxygens (including phenoxy) is 1. The molecule has 38 heavy (non-hydrogen) atoms. The SMILES string of the molecule is C.C=O.CC.CCOC(=O)CN(CC1CCCCC1)C(=O)C(=O)c1c[nH]c2ccccc12.CNC=C(C)C. The lowest BCUT2D eigenvalue weighted by Gasteiger charge is -2.28. The van der Waals surface area contributed by atoms with Crippen LogP contribution in [0.15, 0.2) is 42.2 Å². The molecule has 1 aliphatic carbocycles. The van der Waals surface area contributed by atoms with E-state index >= 15 is 0 Å². The molecule has 1 saturated carbocycles. The number of fused-ring (bicyclic) bond motifs is 1. The summed E-state index contributed by atoms with van der Waals surface area (Å²) in [6.07, 6.45) is 9.03. The van der Waals surface area contributed by atoms with Gasteiger partial charge in [-0.05, 0) is 51.8 Å². The first-order chi connectivity index (χ1) is 17.9. The molecule has 0 aliphatic heterocycles. The molecule has 0 atom stereocenters. The Hall–Kier alpha value is -3.42. The summed E-state index contributed by atoms with van der Waals surface area (Å²) in [4.78, 5) is 50.2. The minimum atomic E-state index is -0.640. The Morgan fingerprint density at radius 1 is 1.11 bits per heavy atom. The number of aromatic amines is 1. The third-order valence-corrected chi connectivity index (χ3v) is 5.58. The lowest BCUT2D eigenvalue weighted by atomic mass is 9.89. The molecule has 2 N–H and O–H groups in total. The predicted molar refractivity (Wildman–Crippen MR) is 156 cm³/mol. The maximum absolute atomic E-state index is 13.0. The summed E-state index contributed by atoms with van der Waals surface area (Å²) in [6, 6.07) is 7.36. The number of Topliss-reactive ketones (excluding diaryl/α,β-unsaturated/α-hetero) is 1. The number of hydrogen-bond donors (Lipinski definition) is 2. The second kappa shape index (κ2) is 21.6. The van der Waals surface area contributed by atoms with E-state index in [2.05, 4.69) is 24.1 Å². The molecule has 0 radical (unpaired) electrons. The quantitative estimate of drug-likeness (QED) is 0.248. The number of amides is 1. The molecule has 1 heterocycles. The molecule has 1 aromatic carbocycles. The van der Waals surface area contributed by atoms with E-state index in [1.807, 2.05) is 58.1 Å². The molecule has 0 unspecified atom stereocenters. The van der Waals surface area contributed by atoms with Gasteiger partial charge in [-0.1, -0.05) is 64.3 Å². The van der Waals surface area contributed by atoms with Crippen LogP contribution in [0.1, 0.15) is 84.5 Å². The van der Waals surface area contributed by atoms with Crippen LogP contribution in [0.25, 0.3) is 10.9 Å². The fraction of sp³-hybridized carbons (Fsp3) is 0.533. The van der Waals surface area contributed by atoms with Gasteiger partial charge in [0.25, 0.3) is 11.7 Å². The Balaban J connectivity index is 0. The van der Waals surface area contributed by atoms with Crippen molar-refractivity contribution in [1.82, 2.24) is 15.2 Å². The summed E-state index contributed by atoms with van der Waals surface area (Å²) < 4.78 is 5.00. The van der Waals surface area contributed by atoms with Gasteiger partial charge in [-0.3, -0.25) is 14.4 Å². The number of ketones is 1. The highest BCUT2D eigenvalue weighted by Crippen LogP contribution is 2.25. The number of carbonyl (C=O) groups excluding carboxylic acids is 4. The van der Waals surface area contributed by atoms with Gasteiger partial charge >= 0.3 is 5.97 Å². The second-order valence-corrected chi connectivity index (χ2v) is 8.58. The van der Waals surface area contributed by atoms with Gasteiger partial charge in [0.2, 0.25) is 0 Å². The third kappa shape index (κ3) is 12.7.